The molecule has 2 aromatic rings. The molecule has 0 amide bonds. The standard InChI is InChI=1S/C17H18N4O2.HNO3/c1-11(20-21-17(18)19)13-3-7-15(8-4-13)23-16-9-5-14(6-10-16)12(2)22;2-1(3)4/h3-10H,1-2H3,(H4,18,19,21);(H,2,3,4)/b20-11-;. The van der Waals surface area contributed by atoms with Gasteiger partial charge in [-0.05, 0) is 67.9 Å². The lowest BCUT2D eigenvalue weighted by atomic mass is 10.1. The van der Waals surface area contributed by atoms with Gasteiger partial charge >= 0.3 is 0 Å². The van der Waals surface area contributed by atoms with E-state index in [1.54, 1.807) is 24.3 Å². The van der Waals surface area contributed by atoms with Crippen LogP contribution < -0.4 is 16.2 Å². The van der Waals surface area contributed by atoms with Gasteiger partial charge in [0.15, 0.2) is 5.78 Å². The maximum Gasteiger partial charge on any atom is 0.291 e. The van der Waals surface area contributed by atoms with Gasteiger partial charge in [-0.1, -0.05) is 0 Å². The largest absolute Gasteiger partial charge is 0.457 e. The highest BCUT2D eigenvalue weighted by molar-refractivity contribution is 5.99. The summed E-state index contributed by atoms with van der Waals surface area (Å²) >= 11 is 0. The van der Waals surface area contributed by atoms with Crippen molar-refractivity contribution in [3.63, 3.8) is 0 Å². The minimum Gasteiger partial charge on any atom is -0.457 e. The topological polar surface area (TPSA) is 166 Å². The second-order valence-corrected chi connectivity index (χ2v) is 5.16. The molecule has 142 valence electrons. The number of rotatable bonds is 5. The fourth-order valence-electron chi connectivity index (χ4n) is 1.85. The molecule has 0 aliphatic rings. The van der Waals surface area contributed by atoms with E-state index in [1.165, 1.54) is 6.92 Å². The third-order valence-corrected chi connectivity index (χ3v) is 3.08. The highest BCUT2D eigenvalue weighted by Crippen LogP contribution is 2.22. The van der Waals surface area contributed by atoms with Crippen molar-refractivity contribution >= 4 is 17.5 Å². The molecule has 10 heteroatoms. The molecule has 0 heterocycles. The molecule has 0 radical (unpaired) electrons. The first-order valence-corrected chi connectivity index (χ1v) is 7.54. The number of nitrogens with two attached hydrogens (primary N) is 2. The lowest BCUT2D eigenvalue weighted by Crippen LogP contribution is -2.22. The number of benzene rings is 2. The molecular weight excluding hydrogens is 354 g/mol. The van der Waals surface area contributed by atoms with Crippen molar-refractivity contribution in [3.8, 4) is 11.5 Å². The summed E-state index contributed by atoms with van der Waals surface area (Å²) in [6.07, 6.45) is 0. The van der Waals surface area contributed by atoms with E-state index in [0.29, 0.717) is 22.8 Å². The molecule has 0 bridgehead atoms. The van der Waals surface area contributed by atoms with Crippen molar-refractivity contribution in [1.82, 2.24) is 0 Å². The molecule has 0 fully saturated rings. The highest BCUT2D eigenvalue weighted by Gasteiger charge is 2.02. The number of guanidine groups is 1. The fourth-order valence-corrected chi connectivity index (χ4v) is 1.85. The Kier molecular flexibility index (Phi) is 7.92. The van der Waals surface area contributed by atoms with Crippen LogP contribution >= 0.6 is 0 Å². The van der Waals surface area contributed by atoms with Crippen LogP contribution in [0.5, 0.6) is 11.5 Å². The highest BCUT2D eigenvalue weighted by atomic mass is 16.9. The van der Waals surface area contributed by atoms with Gasteiger partial charge in [-0.3, -0.25) is 4.79 Å². The smallest absolute Gasteiger partial charge is 0.291 e. The SMILES string of the molecule is CC(=O)c1ccc(Oc2ccc(/C(C)=N\N=C(N)N)cc2)cc1.O=[N+]([O-])O. The molecule has 0 unspecified atom stereocenters. The van der Waals surface area contributed by atoms with Crippen LogP contribution in [-0.2, 0) is 0 Å². The number of nitrogens with zero attached hydrogens (tertiary/aromatic N) is 3. The van der Waals surface area contributed by atoms with Crippen molar-refractivity contribution in [2.75, 3.05) is 0 Å². The van der Waals surface area contributed by atoms with E-state index in [4.69, 9.17) is 31.5 Å². The van der Waals surface area contributed by atoms with Crippen LogP contribution in [-0.4, -0.2) is 27.7 Å². The Bertz CT molecular complexity index is 837. The Balaban J connectivity index is 0.000000828. The molecule has 2 rings (SSSR count). The molecule has 0 saturated heterocycles. The molecule has 0 saturated carbocycles. The Labute approximate surface area is 154 Å². The van der Waals surface area contributed by atoms with Gasteiger partial charge in [-0.15, -0.1) is 15.2 Å². The van der Waals surface area contributed by atoms with Crippen LogP contribution in [0.4, 0.5) is 0 Å². The molecule has 0 aliphatic heterocycles. The summed E-state index contributed by atoms with van der Waals surface area (Å²) in [6.45, 7) is 3.34. The summed E-state index contributed by atoms with van der Waals surface area (Å²) in [5.41, 5.74) is 12.7. The van der Waals surface area contributed by atoms with Gasteiger partial charge in [0.05, 0.1) is 5.71 Å². The Hall–Kier alpha value is -3.95. The second-order valence-electron chi connectivity index (χ2n) is 5.16. The third kappa shape index (κ3) is 8.12. The number of hydrogen-bond donors (Lipinski definition) is 3. The number of carbonyl (C=O) groups is 1. The lowest BCUT2D eigenvalue weighted by molar-refractivity contribution is -0.742. The molecule has 27 heavy (non-hydrogen) atoms. The second kappa shape index (κ2) is 10.1. The molecule has 2 aromatic carbocycles. The van der Waals surface area contributed by atoms with E-state index in [9.17, 15) is 4.79 Å². The Morgan fingerprint density at radius 3 is 1.74 bits per heavy atom. The number of carbonyl (C=O) groups excluding carboxylic acids is 1. The maximum atomic E-state index is 11.2. The monoisotopic (exact) mass is 373 g/mol. The predicted octanol–water partition coefficient (Wildman–Crippen LogP) is 2.33. The molecular formula is C17H19N5O5. The van der Waals surface area contributed by atoms with E-state index >= 15 is 0 Å². The summed E-state index contributed by atoms with van der Waals surface area (Å²) in [5, 5.41) is 21.2. The zero-order valence-corrected chi connectivity index (χ0v) is 14.7. The van der Waals surface area contributed by atoms with Gasteiger partial charge < -0.3 is 21.4 Å². The summed E-state index contributed by atoms with van der Waals surface area (Å²) in [4.78, 5) is 19.6. The van der Waals surface area contributed by atoms with Crippen LogP contribution in [0.3, 0.4) is 0 Å². The van der Waals surface area contributed by atoms with Gasteiger partial charge in [0.1, 0.15) is 11.5 Å². The van der Waals surface area contributed by atoms with E-state index in [-0.39, 0.29) is 11.7 Å². The van der Waals surface area contributed by atoms with Crippen molar-refractivity contribution in [2.45, 2.75) is 13.8 Å². The molecule has 5 N–H and O–H groups in total. The first-order chi connectivity index (χ1) is 12.7. The number of ketones is 1. The predicted molar refractivity (Wildman–Crippen MR) is 99.8 cm³/mol. The molecule has 10 nitrogen and oxygen atoms in total. The summed E-state index contributed by atoms with van der Waals surface area (Å²) < 4.78 is 5.73. The summed E-state index contributed by atoms with van der Waals surface area (Å²) in [7, 11) is 0. The van der Waals surface area contributed by atoms with Gasteiger partial charge in [-0.2, -0.15) is 5.10 Å². The van der Waals surface area contributed by atoms with Crippen LogP contribution in [0.1, 0.15) is 29.8 Å². The number of hydrogen-bond acceptors (Lipinski definition) is 6. The molecule has 0 spiro atoms. The quantitative estimate of drug-likeness (QED) is 0.238. The average Bonchev–Trinajstić information content (AvgIpc) is 2.60. The first kappa shape index (κ1) is 21.1. The van der Waals surface area contributed by atoms with Gasteiger partial charge in [0, 0.05) is 5.56 Å². The third-order valence-electron chi connectivity index (χ3n) is 3.08. The van der Waals surface area contributed by atoms with Crippen molar-refractivity contribution in [3.05, 3.63) is 69.8 Å². The van der Waals surface area contributed by atoms with Gasteiger partial charge in [0.2, 0.25) is 5.96 Å². The molecule has 0 aromatic heterocycles. The average molecular weight is 373 g/mol. The maximum absolute atomic E-state index is 11.2. The molecule has 0 aliphatic carbocycles. The molecule has 0 atom stereocenters. The van der Waals surface area contributed by atoms with Crippen LogP contribution in [0.25, 0.3) is 0 Å². The van der Waals surface area contributed by atoms with E-state index in [2.05, 4.69) is 10.2 Å². The Morgan fingerprint density at radius 2 is 1.37 bits per heavy atom. The van der Waals surface area contributed by atoms with Gasteiger partial charge in [-0.25, -0.2) is 0 Å². The zero-order valence-electron chi connectivity index (χ0n) is 14.7. The van der Waals surface area contributed by atoms with Crippen molar-refractivity contribution in [1.29, 1.82) is 0 Å². The summed E-state index contributed by atoms with van der Waals surface area (Å²) in [6, 6.07) is 14.4. The lowest BCUT2D eigenvalue weighted by Gasteiger charge is -2.07. The number of ether oxygens (including phenoxy) is 1. The van der Waals surface area contributed by atoms with Crippen LogP contribution in [0, 0.1) is 10.1 Å². The van der Waals surface area contributed by atoms with E-state index < -0.39 is 5.09 Å². The normalized spacial score (nSPS) is 10.2. The van der Waals surface area contributed by atoms with Crippen LogP contribution in [0.15, 0.2) is 58.7 Å². The Morgan fingerprint density at radius 1 is 0.963 bits per heavy atom. The van der Waals surface area contributed by atoms with E-state index in [0.717, 1.165) is 5.56 Å². The first-order valence-electron chi connectivity index (χ1n) is 7.54. The number of Topliss-reactive ketones (excluding diaryl/α,β-unsaturated/α-hetero) is 1. The zero-order chi connectivity index (χ0) is 20.4. The van der Waals surface area contributed by atoms with Crippen molar-refractivity contribution < 1.29 is 19.8 Å². The van der Waals surface area contributed by atoms with Gasteiger partial charge in [0.25, 0.3) is 5.09 Å². The fraction of sp³-hybridized carbons (Fsp3) is 0.118. The van der Waals surface area contributed by atoms with Crippen molar-refractivity contribution in [2.24, 2.45) is 21.7 Å². The summed E-state index contributed by atoms with van der Waals surface area (Å²) in [5.74, 6) is 1.28. The van der Waals surface area contributed by atoms with Crippen LogP contribution in [0.2, 0.25) is 0 Å². The minimum atomic E-state index is -1.50. The van der Waals surface area contributed by atoms with E-state index in [1.807, 2.05) is 31.2 Å². The minimum absolute atomic E-state index is 0.0245.